The van der Waals surface area contributed by atoms with Gasteiger partial charge in [0.25, 0.3) is 0 Å². The number of unbranched alkanes of at least 4 members (excludes halogenated alkanes) is 19. The maximum Gasteiger partial charge on any atom is 0.472 e. The number of ether oxygens (including phenoxy) is 2. The summed E-state index contributed by atoms with van der Waals surface area (Å²) in [5, 5.41) is 0. The molecule has 60 heavy (non-hydrogen) atoms. The molecule has 0 aliphatic heterocycles. The second-order valence-corrected chi connectivity index (χ2v) is 18.6. The Morgan fingerprint density at radius 3 is 1.42 bits per heavy atom. The Labute approximate surface area is 368 Å². The number of carbonyl (C=O) groups is 2. The van der Waals surface area contributed by atoms with E-state index in [0.29, 0.717) is 17.4 Å². The Kier molecular flexibility index (Phi) is 40.4. The molecule has 10 heteroatoms. The minimum Gasteiger partial charge on any atom is -0.462 e. The standard InChI is InChI=1S/C50H90NO8P/c1-6-8-10-12-14-16-18-20-22-23-24-25-26-27-29-30-32-34-36-38-40-42-49(52)56-46-48(47-58-60(54,55)57-45-44-51(3,4)5)59-50(53)43-41-39-37-35-33-31-28-21-19-17-15-13-11-9-7-2/h9,11,15,17-18,20-21,23-24,28,48H,6-8,10,12-14,16,19,22,25-27,29-47H2,1-5H3/p+1/b11-9-,17-15-,20-18-,24-23-,28-21-. The number of phosphoric acid groups is 1. The van der Waals surface area contributed by atoms with Crippen molar-refractivity contribution in [1.29, 1.82) is 0 Å². The summed E-state index contributed by atoms with van der Waals surface area (Å²) in [7, 11) is 1.45. The minimum atomic E-state index is -4.39. The van der Waals surface area contributed by atoms with E-state index in [-0.39, 0.29) is 32.0 Å². The summed E-state index contributed by atoms with van der Waals surface area (Å²) in [5.74, 6) is -0.824. The minimum absolute atomic E-state index is 0.0250. The number of hydrogen-bond acceptors (Lipinski definition) is 7. The molecule has 0 aromatic carbocycles. The van der Waals surface area contributed by atoms with Gasteiger partial charge in [0.15, 0.2) is 6.10 Å². The number of allylic oxidation sites excluding steroid dienone is 10. The maximum atomic E-state index is 12.7. The first-order chi connectivity index (χ1) is 29.0. The Balaban J connectivity index is 4.30. The van der Waals surface area contributed by atoms with Crippen molar-refractivity contribution in [3.63, 3.8) is 0 Å². The fraction of sp³-hybridized carbons (Fsp3) is 0.760. The molecule has 0 aromatic rings. The van der Waals surface area contributed by atoms with Crippen molar-refractivity contribution < 1.29 is 42.1 Å². The number of carbonyl (C=O) groups excluding carboxylic acids is 2. The molecule has 0 aliphatic carbocycles. The predicted molar refractivity (Wildman–Crippen MR) is 252 cm³/mol. The molecular formula is C50H91NO8P+. The lowest BCUT2D eigenvalue weighted by Crippen LogP contribution is -2.37. The number of likely N-dealkylation sites (N-methyl/N-ethyl adjacent to an activating group) is 1. The summed E-state index contributed by atoms with van der Waals surface area (Å²) in [6.07, 6.45) is 51.3. The molecule has 0 spiro atoms. The molecule has 2 unspecified atom stereocenters. The number of nitrogens with zero attached hydrogens (tertiary/aromatic N) is 1. The number of esters is 2. The molecular weight excluding hydrogens is 774 g/mol. The summed E-state index contributed by atoms with van der Waals surface area (Å²) < 4.78 is 34.4. The van der Waals surface area contributed by atoms with Crippen molar-refractivity contribution in [2.75, 3.05) is 47.5 Å². The van der Waals surface area contributed by atoms with Crippen LogP contribution in [0.25, 0.3) is 0 Å². The van der Waals surface area contributed by atoms with Crippen molar-refractivity contribution >= 4 is 19.8 Å². The van der Waals surface area contributed by atoms with Crippen LogP contribution in [0.5, 0.6) is 0 Å². The fourth-order valence-corrected chi connectivity index (χ4v) is 7.04. The highest BCUT2D eigenvalue weighted by atomic mass is 31.2. The maximum absolute atomic E-state index is 12.7. The topological polar surface area (TPSA) is 108 Å². The van der Waals surface area contributed by atoms with E-state index in [2.05, 4.69) is 74.6 Å². The average molecular weight is 865 g/mol. The van der Waals surface area contributed by atoms with E-state index in [1.165, 1.54) is 83.5 Å². The number of quaternary nitrogens is 1. The molecule has 0 rings (SSSR count). The van der Waals surface area contributed by atoms with Gasteiger partial charge in [0, 0.05) is 12.8 Å². The lowest BCUT2D eigenvalue weighted by atomic mass is 10.1. The fourth-order valence-electron chi connectivity index (χ4n) is 6.29. The van der Waals surface area contributed by atoms with Crippen LogP contribution in [0.4, 0.5) is 0 Å². The van der Waals surface area contributed by atoms with Crippen LogP contribution in [-0.2, 0) is 32.7 Å². The van der Waals surface area contributed by atoms with Crippen molar-refractivity contribution in [3.05, 3.63) is 60.8 Å². The van der Waals surface area contributed by atoms with Crippen molar-refractivity contribution in [2.45, 2.75) is 200 Å². The molecule has 9 nitrogen and oxygen atoms in total. The molecule has 0 fully saturated rings. The van der Waals surface area contributed by atoms with Crippen molar-refractivity contribution in [1.82, 2.24) is 0 Å². The molecule has 0 radical (unpaired) electrons. The highest BCUT2D eigenvalue weighted by molar-refractivity contribution is 7.47. The number of hydrogen-bond donors (Lipinski definition) is 1. The van der Waals surface area contributed by atoms with Crippen LogP contribution in [0.1, 0.15) is 194 Å². The zero-order valence-electron chi connectivity index (χ0n) is 39.2. The average Bonchev–Trinajstić information content (AvgIpc) is 3.20. The van der Waals surface area contributed by atoms with Crippen LogP contribution in [0.15, 0.2) is 60.8 Å². The van der Waals surface area contributed by atoms with Crippen LogP contribution >= 0.6 is 7.82 Å². The third kappa shape index (κ3) is 45.2. The normalized spacial score (nSPS) is 14.0. The van der Waals surface area contributed by atoms with Gasteiger partial charge in [-0.25, -0.2) is 4.57 Å². The summed E-state index contributed by atoms with van der Waals surface area (Å²) in [6.45, 7) is 4.28. The van der Waals surface area contributed by atoms with Crippen LogP contribution in [0, 0.1) is 0 Å². The van der Waals surface area contributed by atoms with Gasteiger partial charge in [-0.3, -0.25) is 18.6 Å². The lowest BCUT2D eigenvalue weighted by Gasteiger charge is -2.24. The van der Waals surface area contributed by atoms with Gasteiger partial charge in [0.05, 0.1) is 27.7 Å². The van der Waals surface area contributed by atoms with E-state index in [0.717, 1.165) is 77.0 Å². The highest BCUT2D eigenvalue weighted by Gasteiger charge is 2.27. The van der Waals surface area contributed by atoms with E-state index >= 15 is 0 Å². The van der Waals surface area contributed by atoms with Crippen LogP contribution in [-0.4, -0.2) is 74.9 Å². The van der Waals surface area contributed by atoms with E-state index in [1.807, 2.05) is 21.1 Å². The van der Waals surface area contributed by atoms with E-state index in [9.17, 15) is 19.0 Å². The van der Waals surface area contributed by atoms with E-state index < -0.39 is 26.5 Å². The first-order valence-electron chi connectivity index (χ1n) is 24.0. The van der Waals surface area contributed by atoms with Gasteiger partial charge in [-0.15, -0.1) is 0 Å². The second kappa shape index (κ2) is 42.0. The zero-order chi connectivity index (χ0) is 44.3. The SMILES string of the molecule is CC/C=C\C/C=C\C/C=C\CCCCCCCC(=O)OC(COC(=O)CCCCCCCCCCC/C=C\C/C=C\CCCCCCC)COP(=O)(O)OCC[N+](C)(C)C. The Bertz CT molecular complexity index is 1210. The molecule has 2 atom stereocenters. The first-order valence-corrected chi connectivity index (χ1v) is 25.5. The van der Waals surface area contributed by atoms with Gasteiger partial charge < -0.3 is 18.9 Å². The van der Waals surface area contributed by atoms with Crippen LogP contribution < -0.4 is 0 Å². The monoisotopic (exact) mass is 865 g/mol. The molecule has 0 aliphatic rings. The number of phosphoric ester groups is 1. The van der Waals surface area contributed by atoms with Gasteiger partial charge in [0.2, 0.25) is 0 Å². The van der Waals surface area contributed by atoms with Crippen molar-refractivity contribution in [3.8, 4) is 0 Å². The molecule has 0 saturated heterocycles. The van der Waals surface area contributed by atoms with Gasteiger partial charge in [-0.05, 0) is 77.0 Å². The van der Waals surface area contributed by atoms with Crippen molar-refractivity contribution in [2.24, 2.45) is 0 Å². The Hall–Kier alpha value is -2.29. The largest absolute Gasteiger partial charge is 0.472 e. The summed E-state index contributed by atoms with van der Waals surface area (Å²) in [6, 6.07) is 0. The molecule has 348 valence electrons. The predicted octanol–water partition coefficient (Wildman–Crippen LogP) is 14.0. The first kappa shape index (κ1) is 57.7. The lowest BCUT2D eigenvalue weighted by molar-refractivity contribution is -0.870. The van der Waals surface area contributed by atoms with E-state index in [4.69, 9.17) is 18.5 Å². The molecule has 0 bridgehead atoms. The number of rotatable bonds is 43. The smallest absolute Gasteiger partial charge is 0.462 e. The summed E-state index contributed by atoms with van der Waals surface area (Å²) >= 11 is 0. The second-order valence-electron chi connectivity index (χ2n) is 17.1. The van der Waals surface area contributed by atoms with Gasteiger partial charge in [-0.1, -0.05) is 164 Å². The third-order valence-electron chi connectivity index (χ3n) is 10.0. The van der Waals surface area contributed by atoms with Gasteiger partial charge in [0.1, 0.15) is 19.8 Å². The third-order valence-corrected chi connectivity index (χ3v) is 11.0. The molecule has 0 amide bonds. The van der Waals surface area contributed by atoms with E-state index in [1.54, 1.807) is 0 Å². The Morgan fingerprint density at radius 2 is 0.950 bits per heavy atom. The molecule has 1 N–H and O–H groups in total. The van der Waals surface area contributed by atoms with Gasteiger partial charge >= 0.3 is 19.8 Å². The zero-order valence-corrected chi connectivity index (χ0v) is 40.1. The quantitative estimate of drug-likeness (QED) is 0.0212. The molecule has 0 aromatic heterocycles. The summed E-state index contributed by atoms with van der Waals surface area (Å²) in [5.41, 5.74) is 0. The van der Waals surface area contributed by atoms with Gasteiger partial charge in [-0.2, -0.15) is 0 Å². The van der Waals surface area contributed by atoms with Crippen LogP contribution in [0.2, 0.25) is 0 Å². The summed E-state index contributed by atoms with van der Waals surface area (Å²) in [4.78, 5) is 35.5. The van der Waals surface area contributed by atoms with Crippen LogP contribution in [0.3, 0.4) is 0 Å². The highest BCUT2D eigenvalue weighted by Crippen LogP contribution is 2.43. The molecule has 0 heterocycles. The Morgan fingerprint density at radius 1 is 0.533 bits per heavy atom. The molecule has 0 saturated carbocycles.